The standard InChI is InChI=1S/C17H10F5N3/c18-14-4-3-11(15(19)8-14)2-1-10-5-12(16-9-23-25-24-16)7-13(6-10)17(20,21)22/h1-9H,(H,23,24,25)/b2-1+. The molecule has 25 heavy (non-hydrogen) atoms. The summed E-state index contributed by atoms with van der Waals surface area (Å²) >= 11 is 0. The number of hydrogen-bond acceptors (Lipinski definition) is 2. The molecule has 0 fully saturated rings. The van der Waals surface area contributed by atoms with Crippen LogP contribution in [0.4, 0.5) is 22.0 Å². The van der Waals surface area contributed by atoms with Crippen LogP contribution in [0.5, 0.6) is 0 Å². The fraction of sp³-hybridized carbons (Fsp3) is 0.0588. The van der Waals surface area contributed by atoms with Crippen molar-refractivity contribution < 1.29 is 22.0 Å². The number of aromatic nitrogens is 3. The zero-order valence-corrected chi connectivity index (χ0v) is 12.5. The van der Waals surface area contributed by atoms with E-state index >= 15 is 0 Å². The van der Waals surface area contributed by atoms with E-state index in [0.717, 1.165) is 18.2 Å². The lowest BCUT2D eigenvalue weighted by Crippen LogP contribution is -2.05. The lowest BCUT2D eigenvalue weighted by Gasteiger charge is -2.09. The average Bonchev–Trinajstić information content (AvgIpc) is 3.07. The first-order valence-electron chi connectivity index (χ1n) is 7.04. The minimum absolute atomic E-state index is 0.0572. The SMILES string of the molecule is Fc1ccc(/C=C/c2cc(-c3cn[nH]n3)cc(C(F)(F)F)c2)c(F)c1. The molecule has 3 rings (SSSR count). The second kappa shape index (κ2) is 6.46. The van der Waals surface area contributed by atoms with Gasteiger partial charge in [0.05, 0.1) is 11.8 Å². The molecule has 0 saturated carbocycles. The molecule has 1 heterocycles. The third-order valence-electron chi connectivity index (χ3n) is 3.41. The fourth-order valence-corrected chi connectivity index (χ4v) is 2.22. The summed E-state index contributed by atoms with van der Waals surface area (Å²) in [6.07, 6.45) is -0.669. The minimum atomic E-state index is -4.55. The Kier molecular flexibility index (Phi) is 4.35. The summed E-state index contributed by atoms with van der Waals surface area (Å²) in [6.45, 7) is 0. The summed E-state index contributed by atoms with van der Waals surface area (Å²) in [5.41, 5.74) is -0.165. The van der Waals surface area contributed by atoms with E-state index in [2.05, 4.69) is 15.4 Å². The largest absolute Gasteiger partial charge is 0.416 e. The van der Waals surface area contributed by atoms with E-state index in [1.807, 2.05) is 0 Å². The number of hydrogen-bond donors (Lipinski definition) is 1. The van der Waals surface area contributed by atoms with Gasteiger partial charge in [0.2, 0.25) is 0 Å². The number of aromatic amines is 1. The molecule has 1 aromatic heterocycles. The van der Waals surface area contributed by atoms with Crippen LogP contribution in [-0.2, 0) is 6.18 Å². The lowest BCUT2D eigenvalue weighted by molar-refractivity contribution is -0.137. The van der Waals surface area contributed by atoms with Crippen LogP contribution in [0.3, 0.4) is 0 Å². The Balaban J connectivity index is 2.03. The molecule has 0 aliphatic carbocycles. The van der Waals surface area contributed by atoms with Crippen molar-refractivity contribution in [3.63, 3.8) is 0 Å². The first-order valence-corrected chi connectivity index (χ1v) is 7.04. The highest BCUT2D eigenvalue weighted by Crippen LogP contribution is 2.33. The van der Waals surface area contributed by atoms with Crippen molar-refractivity contribution in [3.8, 4) is 11.3 Å². The van der Waals surface area contributed by atoms with Gasteiger partial charge in [-0.3, -0.25) is 0 Å². The van der Waals surface area contributed by atoms with E-state index in [1.165, 1.54) is 30.5 Å². The highest BCUT2D eigenvalue weighted by molar-refractivity contribution is 5.73. The monoisotopic (exact) mass is 351 g/mol. The van der Waals surface area contributed by atoms with Gasteiger partial charge >= 0.3 is 6.18 Å². The highest BCUT2D eigenvalue weighted by Gasteiger charge is 2.31. The number of halogens is 5. The smallest absolute Gasteiger partial charge is 0.207 e. The maximum atomic E-state index is 13.6. The molecule has 128 valence electrons. The molecule has 3 aromatic rings. The summed E-state index contributed by atoms with van der Waals surface area (Å²) in [7, 11) is 0. The second-order valence-corrected chi connectivity index (χ2v) is 5.20. The van der Waals surface area contributed by atoms with Crippen molar-refractivity contribution >= 4 is 12.2 Å². The highest BCUT2D eigenvalue weighted by atomic mass is 19.4. The van der Waals surface area contributed by atoms with Crippen LogP contribution in [0.25, 0.3) is 23.4 Å². The molecule has 0 saturated heterocycles. The fourth-order valence-electron chi connectivity index (χ4n) is 2.22. The average molecular weight is 351 g/mol. The summed E-state index contributed by atoms with van der Waals surface area (Å²) < 4.78 is 65.8. The van der Waals surface area contributed by atoms with Gasteiger partial charge in [-0.25, -0.2) is 8.78 Å². The third-order valence-corrected chi connectivity index (χ3v) is 3.41. The molecule has 0 bridgehead atoms. The number of benzene rings is 2. The zero-order valence-electron chi connectivity index (χ0n) is 12.5. The molecular weight excluding hydrogens is 341 g/mol. The van der Waals surface area contributed by atoms with E-state index in [4.69, 9.17) is 0 Å². The van der Waals surface area contributed by atoms with Crippen molar-refractivity contribution in [2.24, 2.45) is 0 Å². The molecule has 1 N–H and O–H groups in total. The summed E-state index contributed by atoms with van der Waals surface area (Å²) in [4.78, 5) is 0. The Hall–Kier alpha value is -3.03. The van der Waals surface area contributed by atoms with Crippen LogP contribution in [-0.4, -0.2) is 15.4 Å². The molecule has 3 nitrogen and oxygen atoms in total. The second-order valence-electron chi connectivity index (χ2n) is 5.20. The number of nitrogens with zero attached hydrogens (tertiary/aromatic N) is 2. The number of alkyl halides is 3. The van der Waals surface area contributed by atoms with Crippen molar-refractivity contribution in [3.05, 3.63) is 70.9 Å². The van der Waals surface area contributed by atoms with E-state index in [1.54, 1.807) is 0 Å². The van der Waals surface area contributed by atoms with Crippen molar-refractivity contribution in [2.45, 2.75) is 6.18 Å². The molecule has 0 amide bonds. The van der Waals surface area contributed by atoms with Gasteiger partial charge in [0, 0.05) is 17.2 Å². The normalized spacial score (nSPS) is 12.0. The summed E-state index contributed by atoms with van der Waals surface area (Å²) in [5.74, 6) is -1.54. The number of H-pyrrole nitrogens is 1. The molecule has 0 unspecified atom stereocenters. The quantitative estimate of drug-likeness (QED) is 0.536. The van der Waals surface area contributed by atoms with Gasteiger partial charge in [-0.05, 0) is 35.9 Å². The topological polar surface area (TPSA) is 41.6 Å². The van der Waals surface area contributed by atoms with E-state index in [9.17, 15) is 22.0 Å². The van der Waals surface area contributed by atoms with Gasteiger partial charge < -0.3 is 0 Å². The lowest BCUT2D eigenvalue weighted by atomic mass is 10.0. The first-order chi connectivity index (χ1) is 11.8. The van der Waals surface area contributed by atoms with Crippen LogP contribution >= 0.6 is 0 Å². The summed E-state index contributed by atoms with van der Waals surface area (Å²) in [5, 5.41) is 9.67. The van der Waals surface area contributed by atoms with Gasteiger partial charge in [-0.2, -0.15) is 28.6 Å². The maximum absolute atomic E-state index is 13.6. The van der Waals surface area contributed by atoms with Crippen LogP contribution in [0.2, 0.25) is 0 Å². The van der Waals surface area contributed by atoms with Gasteiger partial charge in [0.1, 0.15) is 17.3 Å². The van der Waals surface area contributed by atoms with Crippen LogP contribution < -0.4 is 0 Å². The predicted octanol–water partition coefficient (Wildman–Crippen LogP) is 4.94. The van der Waals surface area contributed by atoms with Gasteiger partial charge in [-0.1, -0.05) is 12.2 Å². The zero-order chi connectivity index (χ0) is 18.0. The third kappa shape index (κ3) is 3.90. The van der Waals surface area contributed by atoms with E-state index in [0.29, 0.717) is 6.07 Å². The number of rotatable bonds is 3. The van der Waals surface area contributed by atoms with Crippen molar-refractivity contribution in [1.29, 1.82) is 0 Å². The first kappa shape index (κ1) is 16.8. The van der Waals surface area contributed by atoms with Gasteiger partial charge in [-0.15, -0.1) is 0 Å². The van der Waals surface area contributed by atoms with Crippen molar-refractivity contribution in [1.82, 2.24) is 15.4 Å². The molecule has 0 atom stereocenters. The Morgan fingerprint density at radius 3 is 2.40 bits per heavy atom. The molecule has 0 spiro atoms. The Labute approximate surface area is 138 Å². The Morgan fingerprint density at radius 2 is 1.76 bits per heavy atom. The van der Waals surface area contributed by atoms with Crippen LogP contribution in [0.15, 0.2) is 42.6 Å². The Morgan fingerprint density at radius 1 is 0.960 bits per heavy atom. The van der Waals surface area contributed by atoms with Crippen LogP contribution in [0.1, 0.15) is 16.7 Å². The number of nitrogens with one attached hydrogen (secondary N) is 1. The minimum Gasteiger partial charge on any atom is -0.207 e. The van der Waals surface area contributed by atoms with Crippen LogP contribution in [0, 0.1) is 11.6 Å². The molecule has 8 heteroatoms. The molecule has 0 radical (unpaired) electrons. The molecule has 0 aliphatic heterocycles. The molecule has 2 aromatic carbocycles. The maximum Gasteiger partial charge on any atom is 0.416 e. The van der Waals surface area contributed by atoms with Gasteiger partial charge in [0.25, 0.3) is 0 Å². The van der Waals surface area contributed by atoms with Gasteiger partial charge in [0.15, 0.2) is 0 Å². The van der Waals surface area contributed by atoms with E-state index in [-0.39, 0.29) is 22.4 Å². The summed E-state index contributed by atoms with van der Waals surface area (Å²) in [6, 6.07) is 6.32. The van der Waals surface area contributed by atoms with E-state index < -0.39 is 23.4 Å². The predicted molar refractivity (Wildman–Crippen MR) is 82.1 cm³/mol. The molecule has 0 aliphatic rings. The Bertz CT molecular complexity index is 915. The molecular formula is C17H10F5N3. The van der Waals surface area contributed by atoms with Crippen molar-refractivity contribution in [2.75, 3.05) is 0 Å².